The zero-order valence-electron chi connectivity index (χ0n) is 12.0. The van der Waals surface area contributed by atoms with E-state index >= 15 is 0 Å². The van der Waals surface area contributed by atoms with Crippen LogP contribution in [0.4, 0.5) is 5.82 Å². The normalized spacial score (nSPS) is 12.1. The Morgan fingerprint density at radius 2 is 2.16 bits per heavy atom. The van der Waals surface area contributed by atoms with Crippen molar-refractivity contribution in [2.45, 2.75) is 25.9 Å². The van der Waals surface area contributed by atoms with Gasteiger partial charge in [-0.15, -0.1) is 0 Å². The lowest BCUT2D eigenvalue weighted by Gasteiger charge is -2.34. The first-order valence-electron chi connectivity index (χ1n) is 6.46. The van der Waals surface area contributed by atoms with E-state index in [0.29, 0.717) is 0 Å². The van der Waals surface area contributed by atoms with Crippen LogP contribution in [0.5, 0.6) is 0 Å². The standard InChI is InChI=1S/C14H22N4O/c1-14(2,10-19)17(4)13-11(9-15-3)18-8-6-5-7-12(18)16-13/h5-8,15,19H,9-10H2,1-4H3. The minimum absolute atomic E-state index is 0.0797. The van der Waals surface area contributed by atoms with Crippen molar-refractivity contribution in [3.8, 4) is 0 Å². The second kappa shape index (κ2) is 5.19. The predicted molar refractivity (Wildman–Crippen MR) is 77.5 cm³/mol. The molecule has 104 valence electrons. The van der Waals surface area contributed by atoms with Crippen molar-refractivity contribution in [2.24, 2.45) is 0 Å². The Labute approximate surface area is 113 Å². The Hall–Kier alpha value is -1.59. The Bertz CT molecular complexity index is 562. The number of fused-ring (bicyclic) bond motifs is 1. The predicted octanol–water partition coefficient (Wildman–Crippen LogP) is 1.26. The molecule has 2 rings (SSSR count). The molecule has 19 heavy (non-hydrogen) atoms. The van der Waals surface area contributed by atoms with Gasteiger partial charge in [0.2, 0.25) is 0 Å². The van der Waals surface area contributed by atoms with Gasteiger partial charge in [-0.05, 0) is 33.0 Å². The minimum atomic E-state index is -0.347. The number of nitrogens with zero attached hydrogens (tertiary/aromatic N) is 3. The smallest absolute Gasteiger partial charge is 0.152 e. The SMILES string of the molecule is CNCc1c(N(C)C(C)(C)CO)nc2ccccn12. The van der Waals surface area contributed by atoms with Crippen LogP contribution in [0.2, 0.25) is 0 Å². The van der Waals surface area contributed by atoms with E-state index in [0.717, 1.165) is 23.7 Å². The minimum Gasteiger partial charge on any atom is -0.394 e. The average Bonchev–Trinajstić information content (AvgIpc) is 2.77. The number of hydrogen-bond acceptors (Lipinski definition) is 4. The number of aliphatic hydroxyl groups is 1. The summed E-state index contributed by atoms with van der Waals surface area (Å²) in [7, 11) is 3.89. The van der Waals surface area contributed by atoms with Crippen LogP contribution in [0, 0.1) is 0 Å². The first-order chi connectivity index (χ1) is 9.01. The molecule has 0 saturated heterocycles. The zero-order valence-corrected chi connectivity index (χ0v) is 12.0. The zero-order chi connectivity index (χ0) is 14.0. The van der Waals surface area contributed by atoms with E-state index in [1.54, 1.807) is 0 Å². The Balaban J connectivity index is 2.56. The quantitative estimate of drug-likeness (QED) is 0.852. The van der Waals surface area contributed by atoms with E-state index in [1.165, 1.54) is 0 Å². The van der Waals surface area contributed by atoms with Crippen molar-refractivity contribution in [2.75, 3.05) is 25.6 Å². The second-order valence-electron chi connectivity index (χ2n) is 5.37. The fourth-order valence-corrected chi connectivity index (χ4v) is 2.03. The summed E-state index contributed by atoms with van der Waals surface area (Å²) in [6.45, 7) is 4.81. The van der Waals surface area contributed by atoms with Crippen LogP contribution in [0.15, 0.2) is 24.4 Å². The molecule has 0 bridgehead atoms. The highest BCUT2D eigenvalue weighted by Gasteiger charge is 2.27. The summed E-state index contributed by atoms with van der Waals surface area (Å²) in [6, 6.07) is 5.96. The molecule has 0 atom stereocenters. The third-order valence-corrected chi connectivity index (χ3v) is 3.56. The van der Waals surface area contributed by atoms with Crippen LogP contribution >= 0.6 is 0 Å². The lowest BCUT2D eigenvalue weighted by Crippen LogP contribution is -2.45. The molecular formula is C14H22N4O. The summed E-state index contributed by atoms with van der Waals surface area (Å²) < 4.78 is 2.08. The van der Waals surface area contributed by atoms with Crippen molar-refractivity contribution in [1.82, 2.24) is 14.7 Å². The molecule has 2 N–H and O–H groups in total. The Kier molecular flexibility index (Phi) is 3.78. The lowest BCUT2D eigenvalue weighted by atomic mass is 10.1. The molecule has 2 heterocycles. The van der Waals surface area contributed by atoms with Gasteiger partial charge >= 0.3 is 0 Å². The maximum atomic E-state index is 9.53. The van der Waals surface area contributed by atoms with Gasteiger partial charge in [-0.3, -0.25) is 0 Å². The van der Waals surface area contributed by atoms with E-state index in [2.05, 4.69) is 14.7 Å². The van der Waals surface area contributed by atoms with Gasteiger partial charge in [0.1, 0.15) is 5.65 Å². The number of hydrogen-bond donors (Lipinski definition) is 2. The summed E-state index contributed by atoms with van der Waals surface area (Å²) in [6.07, 6.45) is 2.01. The van der Waals surface area contributed by atoms with Crippen LogP contribution < -0.4 is 10.2 Å². The van der Waals surface area contributed by atoms with Gasteiger partial charge in [0, 0.05) is 19.8 Å². The Morgan fingerprint density at radius 3 is 2.79 bits per heavy atom. The number of nitrogens with one attached hydrogen (secondary N) is 1. The van der Waals surface area contributed by atoms with Crippen molar-refractivity contribution < 1.29 is 5.11 Å². The van der Waals surface area contributed by atoms with Gasteiger partial charge in [-0.25, -0.2) is 4.98 Å². The van der Waals surface area contributed by atoms with Crippen LogP contribution in [0.1, 0.15) is 19.5 Å². The first-order valence-corrected chi connectivity index (χ1v) is 6.46. The number of pyridine rings is 1. The van der Waals surface area contributed by atoms with Gasteiger partial charge in [0.25, 0.3) is 0 Å². The van der Waals surface area contributed by atoms with Crippen molar-refractivity contribution in [3.63, 3.8) is 0 Å². The van der Waals surface area contributed by atoms with E-state index in [4.69, 9.17) is 0 Å². The number of anilines is 1. The van der Waals surface area contributed by atoms with E-state index in [1.807, 2.05) is 57.2 Å². The van der Waals surface area contributed by atoms with Gasteiger partial charge in [-0.2, -0.15) is 0 Å². The lowest BCUT2D eigenvalue weighted by molar-refractivity contribution is 0.215. The molecule has 5 heteroatoms. The third-order valence-electron chi connectivity index (χ3n) is 3.56. The van der Waals surface area contributed by atoms with Crippen molar-refractivity contribution in [3.05, 3.63) is 30.1 Å². The molecule has 2 aromatic heterocycles. The number of imidazole rings is 1. The first kappa shape index (κ1) is 13.8. The summed E-state index contributed by atoms with van der Waals surface area (Å²) in [5.74, 6) is 0.902. The third kappa shape index (κ3) is 2.43. The van der Waals surface area contributed by atoms with Crippen LogP contribution in [0.25, 0.3) is 5.65 Å². The summed E-state index contributed by atoms with van der Waals surface area (Å²) in [5.41, 5.74) is 1.67. The second-order valence-corrected chi connectivity index (χ2v) is 5.37. The summed E-state index contributed by atoms with van der Waals surface area (Å²) in [4.78, 5) is 6.72. The molecule has 0 unspecified atom stereocenters. The molecule has 5 nitrogen and oxygen atoms in total. The molecule has 0 saturated carbocycles. The number of rotatable bonds is 5. The topological polar surface area (TPSA) is 52.8 Å². The molecule has 0 radical (unpaired) electrons. The number of aliphatic hydroxyl groups excluding tert-OH is 1. The summed E-state index contributed by atoms with van der Waals surface area (Å²) in [5, 5.41) is 12.7. The highest BCUT2D eigenvalue weighted by Crippen LogP contribution is 2.26. The maximum absolute atomic E-state index is 9.53. The molecule has 0 fully saturated rings. The molecule has 0 aromatic carbocycles. The molecule has 0 aliphatic carbocycles. The molecule has 0 amide bonds. The number of aromatic nitrogens is 2. The highest BCUT2D eigenvalue weighted by atomic mass is 16.3. The van der Waals surface area contributed by atoms with Crippen molar-refractivity contribution >= 4 is 11.5 Å². The Morgan fingerprint density at radius 1 is 1.42 bits per heavy atom. The molecule has 0 aliphatic heterocycles. The van der Waals surface area contributed by atoms with Gasteiger partial charge in [0.15, 0.2) is 5.82 Å². The van der Waals surface area contributed by atoms with E-state index < -0.39 is 0 Å². The van der Waals surface area contributed by atoms with E-state index in [9.17, 15) is 5.11 Å². The fourth-order valence-electron chi connectivity index (χ4n) is 2.03. The van der Waals surface area contributed by atoms with E-state index in [-0.39, 0.29) is 12.1 Å². The number of likely N-dealkylation sites (N-methyl/N-ethyl adjacent to an activating group) is 1. The van der Waals surface area contributed by atoms with Crippen LogP contribution in [-0.2, 0) is 6.54 Å². The molecule has 0 aliphatic rings. The monoisotopic (exact) mass is 262 g/mol. The largest absolute Gasteiger partial charge is 0.394 e. The van der Waals surface area contributed by atoms with Crippen molar-refractivity contribution in [1.29, 1.82) is 0 Å². The van der Waals surface area contributed by atoms with Crippen LogP contribution in [0.3, 0.4) is 0 Å². The fraction of sp³-hybridized carbons (Fsp3) is 0.500. The highest BCUT2D eigenvalue weighted by molar-refractivity contribution is 5.56. The van der Waals surface area contributed by atoms with Gasteiger partial charge in [-0.1, -0.05) is 6.07 Å². The molecule has 0 spiro atoms. The van der Waals surface area contributed by atoms with Crippen LogP contribution in [-0.4, -0.2) is 40.7 Å². The molecule has 2 aromatic rings. The van der Waals surface area contributed by atoms with Gasteiger partial charge < -0.3 is 19.7 Å². The maximum Gasteiger partial charge on any atom is 0.152 e. The molecular weight excluding hydrogens is 240 g/mol. The summed E-state index contributed by atoms with van der Waals surface area (Å²) >= 11 is 0. The van der Waals surface area contributed by atoms with Gasteiger partial charge in [0.05, 0.1) is 17.8 Å². The average molecular weight is 262 g/mol.